The summed E-state index contributed by atoms with van der Waals surface area (Å²) >= 11 is 5.51. The summed E-state index contributed by atoms with van der Waals surface area (Å²) in [4.78, 5) is 10.6. The summed E-state index contributed by atoms with van der Waals surface area (Å²) in [5, 5.41) is 8.42. The number of alkyl halides is 2. The van der Waals surface area contributed by atoms with Crippen molar-refractivity contribution in [1.82, 2.24) is 0 Å². The fraction of sp³-hybridized carbons (Fsp3) is 0.222. The van der Waals surface area contributed by atoms with E-state index < -0.39 is 23.0 Å². The van der Waals surface area contributed by atoms with Gasteiger partial charge >= 0.3 is 5.97 Å². The molecule has 0 aliphatic carbocycles. The first-order valence-electron chi connectivity index (χ1n) is 3.74. The Kier molecular flexibility index (Phi) is 2.76. The number of benzene rings is 1. The number of hydrogen-bond acceptors (Lipinski definition) is 1. The second-order valence-corrected chi connectivity index (χ2v) is 3.26. The van der Waals surface area contributed by atoms with E-state index in [2.05, 4.69) is 0 Å². The van der Waals surface area contributed by atoms with Crippen molar-refractivity contribution < 1.29 is 18.7 Å². The second-order valence-electron chi connectivity index (χ2n) is 2.86. The molecule has 0 aliphatic heterocycles. The van der Waals surface area contributed by atoms with Crippen LogP contribution in [-0.4, -0.2) is 11.1 Å². The zero-order chi connectivity index (χ0) is 10.9. The molecular weight excluding hydrogens is 214 g/mol. The van der Waals surface area contributed by atoms with Crippen LogP contribution in [0, 0.1) is 0 Å². The highest BCUT2D eigenvalue weighted by Gasteiger charge is 2.32. The molecule has 0 saturated carbocycles. The van der Waals surface area contributed by atoms with Gasteiger partial charge in [-0.05, 0) is 12.1 Å². The molecule has 1 aromatic carbocycles. The SMILES string of the molecule is CC(F)(F)c1c(Cl)cccc1C(=O)O. The van der Waals surface area contributed by atoms with E-state index in [1.165, 1.54) is 12.1 Å². The molecule has 0 amide bonds. The lowest BCUT2D eigenvalue weighted by Crippen LogP contribution is -2.14. The van der Waals surface area contributed by atoms with Crippen molar-refractivity contribution in [3.8, 4) is 0 Å². The van der Waals surface area contributed by atoms with Crippen LogP contribution in [0.3, 0.4) is 0 Å². The van der Waals surface area contributed by atoms with Gasteiger partial charge < -0.3 is 5.11 Å². The van der Waals surface area contributed by atoms with E-state index in [1.54, 1.807) is 0 Å². The van der Waals surface area contributed by atoms with Crippen LogP contribution in [0.4, 0.5) is 8.78 Å². The zero-order valence-corrected chi connectivity index (χ0v) is 7.98. The average Bonchev–Trinajstić information content (AvgIpc) is 2.01. The molecule has 1 aromatic rings. The number of carboxylic acids is 1. The van der Waals surface area contributed by atoms with E-state index in [9.17, 15) is 13.6 Å². The normalized spacial score (nSPS) is 11.4. The van der Waals surface area contributed by atoms with Gasteiger partial charge in [0.2, 0.25) is 0 Å². The van der Waals surface area contributed by atoms with Crippen LogP contribution in [0.15, 0.2) is 18.2 Å². The predicted octanol–water partition coefficient (Wildman–Crippen LogP) is 3.15. The van der Waals surface area contributed by atoms with Gasteiger partial charge in [0, 0.05) is 6.92 Å². The molecule has 0 spiro atoms. The highest BCUT2D eigenvalue weighted by atomic mass is 35.5. The Morgan fingerprint density at radius 1 is 1.50 bits per heavy atom. The molecule has 14 heavy (non-hydrogen) atoms. The van der Waals surface area contributed by atoms with Crippen molar-refractivity contribution in [2.75, 3.05) is 0 Å². The molecule has 0 radical (unpaired) electrons. The number of hydrogen-bond donors (Lipinski definition) is 1. The van der Waals surface area contributed by atoms with Gasteiger partial charge in [-0.25, -0.2) is 13.6 Å². The van der Waals surface area contributed by atoms with Gasteiger partial charge in [-0.1, -0.05) is 17.7 Å². The number of carbonyl (C=O) groups is 1. The maximum absolute atomic E-state index is 13.0. The zero-order valence-electron chi connectivity index (χ0n) is 7.22. The van der Waals surface area contributed by atoms with E-state index in [4.69, 9.17) is 16.7 Å². The van der Waals surface area contributed by atoms with E-state index in [-0.39, 0.29) is 5.02 Å². The third kappa shape index (κ3) is 2.01. The number of rotatable bonds is 2. The van der Waals surface area contributed by atoms with Gasteiger partial charge in [0.25, 0.3) is 5.92 Å². The van der Waals surface area contributed by atoms with Gasteiger partial charge in [-0.3, -0.25) is 0 Å². The Labute approximate surface area is 84.1 Å². The lowest BCUT2D eigenvalue weighted by atomic mass is 10.0. The molecule has 1 rings (SSSR count). The first-order chi connectivity index (χ1) is 6.34. The van der Waals surface area contributed by atoms with E-state index >= 15 is 0 Å². The van der Waals surface area contributed by atoms with Gasteiger partial charge in [0.1, 0.15) is 0 Å². The molecule has 5 heteroatoms. The van der Waals surface area contributed by atoms with Crippen LogP contribution in [0.1, 0.15) is 22.8 Å². The van der Waals surface area contributed by atoms with Crippen molar-refractivity contribution in [3.05, 3.63) is 34.3 Å². The van der Waals surface area contributed by atoms with Crippen LogP contribution in [0.25, 0.3) is 0 Å². The van der Waals surface area contributed by atoms with Crippen LogP contribution in [-0.2, 0) is 5.92 Å². The van der Waals surface area contributed by atoms with Crippen molar-refractivity contribution in [2.24, 2.45) is 0 Å². The Balaban J connectivity index is 3.45. The second kappa shape index (κ2) is 3.53. The first-order valence-corrected chi connectivity index (χ1v) is 4.12. The molecule has 2 nitrogen and oxygen atoms in total. The third-order valence-electron chi connectivity index (χ3n) is 1.68. The van der Waals surface area contributed by atoms with E-state index in [0.29, 0.717) is 6.92 Å². The minimum Gasteiger partial charge on any atom is -0.478 e. The molecule has 0 aromatic heterocycles. The standard InChI is InChI=1S/C9H7ClF2O2/c1-9(11,12)7-5(8(13)14)3-2-4-6(7)10/h2-4H,1H3,(H,13,14). The minimum atomic E-state index is -3.26. The maximum atomic E-state index is 13.0. The maximum Gasteiger partial charge on any atom is 0.336 e. The number of halogens is 3. The summed E-state index contributed by atoms with van der Waals surface area (Å²) in [6, 6.07) is 3.66. The molecule has 0 bridgehead atoms. The van der Waals surface area contributed by atoms with Gasteiger partial charge in [0.05, 0.1) is 16.1 Å². The van der Waals surface area contributed by atoms with E-state index in [1.807, 2.05) is 0 Å². The lowest BCUT2D eigenvalue weighted by molar-refractivity contribution is 0.0155. The lowest BCUT2D eigenvalue weighted by Gasteiger charge is -2.14. The summed E-state index contributed by atoms with van der Waals surface area (Å²) in [5.74, 6) is -4.67. The summed E-state index contributed by atoms with van der Waals surface area (Å²) in [6.07, 6.45) is 0. The molecule has 0 unspecified atom stereocenters. The highest BCUT2D eigenvalue weighted by molar-refractivity contribution is 6.32. The summed E-state index contributed by atoms with van der Waals surface area (Å²) < 4.78 is 26.0. The third-order valence-corrected chi connectivity index (χ3v) is 2.00. The largest absolute Gasteiger partial charge is 0.478 e. The Morgan fingerprint density at radius 2 is 2.07 bits per heavy atom. The number of carboxylic acid groups (broad SMARTS) is 1. The molecule has 76 valence electrons. The van der Waals surface area contributed by atoms with Crippen LogP contribution >= 0.6 is 11.6 Å². The first kappa shape index (κ1) is 10.9. The van der Waals surface area contributed by atoms with Crippen molar-refractivity contribution in [3.63, 3.8) is 0 Å². The Hall–Kier alpha value is -1.16. The highest BCUT2D eigenvalue weighted by Crippen LogP contribution is 2.35. The topological polar surface area (TPSA) is 37.3 Å². The molecular formula is C9H7ClF2O2. The Morgan fingerprint density at radius 3 is 2.43 bits per heavy atom. The molecule has 1 N–H and O–H groups in total. The van der Waals surface area contributed by atoms with Gasteiger partial charge in [-0.15, -0.1) is 0 Å². The fourth-order valence-corrected chi connectivity index (χ4v) is 1.49. The van der Waals surface area contributed by atoms with Gasteiger partial charge in [0.15, 0.2) is 0 Å². The summed E-state index contributed by atoms with van der Waals surface area (Å²) in [5.41, 5.74) is -1.11. The van der Waals surface area contributed by atoms with Crippen LogP contribution in [0.5, 0.6) is 0 Å². The Bertz CT molecular complexity index is 372. The predicted molar refractivity (Wildman–Crippen MR) is 48.0 cm³/mol. The van der Waals surface area contributed by atoms with Crippen molar-refractivity contribution >= 4 is 17.6 Å². The van der Waals surface area contributed by atoms with E-state index in [0.717, 1.165) is 6.07 Å². The fourth-order valence-electron chi connectivity index (χ4n) is 1.15. The summed E-state index contributed by atoms with van der Waals surface area (Å²) in [6.45, 7) is 0.612. The smallest absolute Gasteiger partial charge is 0.336 e. The van der Waals surface area contributed by atoms with Crippen molar-refractivity contribution in [1.29, 1.82) is 0 Å². The van der Waals surface area contributed by atoms with Crippen molar-refractivity contribution in [2.45, 2.75) is 12.8 Å². The average molecular weight is 221 g/mol. The quantitative estimate of drug-likeness (QED) is 0.831. The van der Waals surface area contributed by atoms with Crippen LogP contribution < -0.4 is 0 Å². The van der Waals surface area contributed by atoms with Crippen LogP contribution in [0.2, 0.25) is 5.02 Å². The molecule has 0 atom stereocenters. The molecule has 0 fully saturated rings. The number of aromatic carboxylic acids is 1. The molecule has 0 saturated heterocycles. The minimum absolute atomic E-state index is 0.239. The molecule has 0 aliphatic rings. The summed E-state index contributed by atoms with van der Waals surface area (Å²) in [7, 11) is 0. The molecule has 0 heterocycles. The van der Waals surface area contributed by atoms with Gasteiger partial charge in [-0.2, -0.15) is 0 Å². The monoisotopic (exact) mass is 220 g/mol.